The Kier molecular flexibility index (Phi) is 2.91. The molecule has 0 aromatic heterocycles. The highest BCUT2D eigenvalue weighted by Crippen LogP contribution is 2.73. The summed E-state index contributed by atoms with van der Waals surface area (Å²) in [5, 5.41) is 3.24. The van der Waals surface area contributed by atoms with Crippen LogP contribution in [0.3, 0.4) is 0 Å². The number of carbonyl (C=O) groups excluding carboxylic acids is 1. The van der Waals surface area contributed by atoms with Crippen LogP contribution in [-0.2, 0) is 4.79 Å². The Morgan fingerprint density at radius 3 is 1.70 bits per heavy atom. The Labute approximate surface area is 140 Å². The third-order valence-corrected chi connectivity index (χ3v) is 6.65. The first kappa shape index (κ1) is 15.2. The maximum atomic E-state index is 13.3. The van der Waals surface area contributed by atoms with Gasteiger partial charge in [-0.05, 0) is 73.8 Å². The van der Waals surface area contributed by atoms with Crippen molar-refractivity contribution in [1.82, 2.24) is 0 Å². The highest BCUT2D eigenvalue weighted by atomic mass is 16.2. The van der Waals surface area contributed by atoms with Gasteiger partial charge in [-0.25, -0.2) is 0 Å². The van der Waals surface area contributed by atoms with Crippen molar-refractivity contribution in [2.75, 3.05) is 5.32 Å². The summed E-state index contributed by atoms with van der Waals surface area (Å²) in [5.41, 5.74) is 3.06. The number of carbonyl (C=O) groups is 1. The Balaban J connectivity index is 1.65. The quantitative estimate of drug-likeness (QED) is 0.787. The zero-order valence-electron chi connectivity index (χ0n) is 15.0. The molecule has 1 aromatic carbocycles. The SMILES string of the molecule is Cc1ccc(NC(=O)C23CC4(C)CC(C)(CC(C)(C4)C2)C3)cc1. The number of amides is 1. The second-order valence-electron chi connectivity index (χ2n) is 10.1. The van der Waals surface area contributed by atoms with Crippen molar-refractivity contribution in [3.8, 4) is 0 Å². The largest absolute Gasteiger partial charge is 0.326 e. The molecule has 1 N–H and O–H groups in total. The molecule has 1 aromatic rings. The van der Waals surface area contributed by atoms with Crippen molar-refractivity contribution in [2.45, 2.75) is 66.2 Å². The minimum atomic E-state index is -0.155. The van der Waals surface area contributed by atoms with Gasteiger partial charge in [0.2, 0.25) is 5.91 Å². The number of hydrogen-bond donors (Lipinski definition) is 1. The van der Waals surface area contributed by atoms with Gasteiger partial charge in [-0.15, -0.1) is 0 Å². The predicted molar refractivity (Wildman–Crippen MR) is 94.3 cm³/mol. The molecule has 2 heteroatoms. The van der Waals surface area contributed by atoms with Crippen LogP contribution >= 0.6 is 0 Å². The van der Waals surface area contributed by atoms with Crippen LogP contribution in [0.25, 0.3) is 0 Å². The van der Waals surface area contributed by atoms with E-state index < -0.39 is 0 Å². The van der Waals surface area contributed by atoms with Crippen molar-refractivity contribution in [2.24, 2.45) is 21.7 Å². The molecular formula is C21H29NO. The molecular weight excluding hydrogens is 282 g/mol. The predicted octanol–water partition coefficient (Wildman–Crippen LogP) is 5.32. The summed E-state index contributed by atoms with van der Waals surface area (Å²) in [5.74, 6) is 0.268. The molecule has 1 amide bonds. The van der Waals surface area contributed by atoms with E-state index >= 15 is 0 Å². The Hall–Kier alpha value is -1.31. The fourth-order valence-electron chi connectivity index (χ4n) is 7.43. The van der Waals surface area contributed by atoms with Crippen molar-refractivity contribution in [1.29, 1.82) is 0 Å². The van der Waals surface area contributed by atoms with Gasteiger partial charge < -0.3 is 5.32 Å². The van der Waals surface area contributed by atoms with Gasteiger partial charge in [0.15, 0.2) is 0 Å². The van der Waals surface area contributed by atoms with Crippen LogP contribution in [0.4, 0.5) is 5.69 Å². The average Bonchev–Trinajstić information content (AvgIpc) is 2.35. The van der Waals surface area contributed by atoms with Crippen molar-refractivity contribution in [3.63, 3.8) is 0 Å². The van der Waals surface area contributed by atoms with E-state index in [0.29, 0.717) is 16.2 Å². The van der Waals surface area contributed by atoms with Gasteiger partial charge >= 0.3 is 0 Å². The average molecular weight is 311 g/mol. The number of aryl methyl sites for hydroxylation is 1. The molecule has 0 aliphatic heterocycles. The van der Waals surface area contributed by atoms with Gasteiger partial charge in [-0.1, -0.05) is 38.5 Å². The number of benzene rings is 1. The van der Waals surface area contributed by atoms with Crippen LogP contribution in [0.1, 0.15) is 64.9 Å². The zero-order chi connectivity index (χ0) is 16.5. The lowest BCUT2D eigenvalue weighted by molar-refractivity contribution is -0.188. The lowest BCUT2D eigenvalue weighted by Crippen LogP contribution is -2.62. The van der Waals surface area contributed by atoms with Crippen LogP contribution in [-0.4, -0.2) is 5.91 Å². The maximum absolute atomic E-state index is 13.3. The first-order chi connectivity index (χ1) is 10.6. The summed E-state index contributed by atoms with van der Waals surface area (Å²) in [6.07, 6.45) is 7.12. The van der Waals surface area contributed by atoms with Crippen molar-refractivity contribution in [3.05, 3.63) is 29.8 Å². The van der Waals surface area contributed by atoms with Gasteiger partial charge in [0.05, 0.1) is 5.41 Å². The van der Waals surface area contributed by atoms with E-state index in [1.54, 1.807) is 0 Å². The molecule has 0 spiro atoms. The van der Waals surface area contributed by atoms with Gasteiger partial charge in [-0.3, -0.25) is 4.79 Å². The second-order valence-corrected chi connectivity index (χ2v) is 10.1. The molecule has 4 bridgehead atoms. The lowest BCUT2D eigenvalue weighted by atomic mass is 9.36. The van der Waals surface area contributed by atoms with E-state index in [1.165, 1.54) is 24.8 Å². The van der Waals surface area contributed by atoms with Crippen molar-refractivity contribution >= 4 is 11.6 Å². The minimum absolute atomic E-state index is 0.155. The number of nitrogens with one attached hydrogen (secondary N) is 1. The van der Waals surface area contributed by atoms with Gasteiger partial charge in [0, 0.05) is 5.69 Å². The normalized spacial score (nSPS) is 44.3. The molecule has 4 aliphatic rings. The molecule has 2 nitrogen and oxygen atoms in total. The third kappa shape index (κ3) is 2.42. The van der Waals surface area contributed by atoms with Crippen LogP contribution in [0.15, 0.2) is 24.3 Å². The number of anilines is 1. The maximum Gasteiger partial charge on any atom is 0.230 e. The fourth-order valence-corrected chi connectivity index (χ4v) is 7.43. The fraction of sp³-hybridized carbons (Fsp3) is 0.667. The van der Waals surface area contributed by atoms with Crippen LogP contribution in [0, 0.1) is 28.6 Å². The van der Waals surface area contributed by atoms with Gasteiger partial charge in [-0.2, -0.15) is 0 Å². The Bertz CT molecular complexity index is 605. The molecule has 5 rings (SSSR count). The molecule has 4 fully saturated rings. The molecule has 0 saturated heterocycles. The monoisotopic (exact) mass is 311 g/mol. The summed E-state index contributed by atoms with van der Waals surface area (Å²) < 4.78 is 0. The minimum Gasteiger partial charge on any atom is -0.326 e. The number of rotatable bonds is 2. The van der Waals surface area contributed by atoms with Crippen LogP contribution in [0.2, 0.25) is 0 Å². The highest BCUT2D eigenvalue weighted by molar-refractivity contribution is 5.95. The zero-order valence-corrected chi connectivity index (χ0v) is 15.0. The molecule has 0 heterocycles. The van der Waals surface area contributed by atoms with Crippen LogP contribution in [0.5, 0.6) is 0 Å². The first-order valence-electron chi connectivity index (χ1n) is 9.02. The summed E-state index contributed by atoms with van der Waals surface area (Å²) >= 11 is 0. The smallest absolute Gasteiger partial charge is 0.230 e. The summed E-state index contributed by atoms with van der Waals surface area (Å²) in [4.78, 5) is 13.3. The highest BCUT2D eigenvalue weighted by Gasteiger charge is 2.66. The molecule has 0 atom stereocenters. The molecule has 0 radical (unpaired) electrons. The lowest BCUT2D eigenvalue weighted by Gasteiger charge is -2.68. The topological polar surface area (TPSA) is 29.1 Å². The van der Waals surface area contributed by atoms with E-state index in [4.69, 9.17) is 0 Å². The molecule has 4 saturated carbocycles. The van der Waals surface area contributed by atoms with E-state index in [2.05, 4.69) is 45.1 Å². The summed E-state index contributed by atoms with van der Waals surface area (Å²) in [6, 6.07) is 8.19. The molecule has 124 valence electrons. The van der Waals surface area contributed by atoms with E-state index in [1.807, 2.05) is 12.1 Å². The van der Waals surface area contributed by atoms with Gasteiger partial charge in [0.1, 0.15) is 0 Å². The summed E-state index contributed by atoms with van der Waals surface area (Å²) in [6.45, 7) is 9.35. The molecule has 0 unspecified atom stereocenters. The first-order valence-corrected chi connectivity index (χ1v) is 9.02. The van der Waals surface area contributed by atoms with E-state index in [0.717, 1.165) is 24.9 Å². The van der Waals surface area contributed by atoms with E-state index in [9.17, 15) is 4.79 Å². The van der Waals surface area contributed by atoms with Gasteiger partial charge in [0.25, 0.3) is 0 Å². The molecule has 4 aliphatic carbocycles. The standard InChI is InChI=1S/C21H29NO/c1-15-5-7-16(8-6-15)22-17(23)21-12-18(2)9-19(3,13-21)11-20(4,10-18)14-21/h5-8H,9-14H2,1-4H3,(H,22,23). The second kappa shape index (κ2) is 4.40. The third-order valence-electron chi connectivity index (χ3n) is 6.65. The Morgan fingerprint density at radius 1 is 0.826 bits per heavy atom. The Morgan fingerprint density at radius 2 is 1.26 bits per heavy atom. The molecule has 23 heavy (non-hydrogen) atoms. The van der Waals surface area contributed by atoms with Crippen molar-refractivity contribution < 1.29 is 4.79 Å². The van der Waals surface area contributed by atoms with Crippen LogP contribution < -0.4 is 5.32 Å². The van der Waals surface area contributed by atoms with E-state index in [-0.39, 0.29) is 11.3 Å². The summed E-state index contributed by atoms with van der Waals surface area (Å²) in [7, 11) is 0. The number of hydrogen-bond acceptors (Lipinski definition) is 1.